The van der Waals surface area contributed by atoms with Gasteiger partial charge >= 0.3 is 6.03 Å². The summed E-state index contributed by atoms with van der Waals surface area (Å²) in [6.45, 7) is 0. The van der Waals surface area contributed by atoms with Crippen molar-refractivity contribution in [3.05, 3.63) is 94.5 Å². The summed E-state index contributed by atoms with van der Waals surface area (Å²) in [5, 5.41) is 10.0. The highest BCUT2D eigenvalue weighted by molar-refractivity contribution is 6.30. The highest BCUT2D eigenvalue weighted by atomic mass is 35.5. The molecule has 0 radical (unpaired) electrons. The van der Waals surface area contributed by atoms with Gasteiger partial charge in [0.2, 0.25) is 0 Å². The summed E-state index contributed by atoms with van der Waals surface area (Å²) in [5.41, 5.74) is 4.86. The second-order valence-electron chi connectivity index (χ2n) is 8.93. The monoisotopic (exact) mass is 501 g/mol. The molecule has 3 aromatic carbocycles. The second kappa shape index (κ2) is 10.5. The van der Waals surface area contributed by atoms with Crippen LogP contribution in [0.5, 0.6) is 11.5 Å². The maximum Gasteiger partial charge on any atom is 0.342 e. The average Bonchev–Trinajstić information content (AvgIpc) is 3.30. The van der Waals surface area contributed by atoms with Crippen LogP contribution in [0, 0.1) is 5.92 Å². The minimum atomic E-state index is -0.288. The van der Waals surface area contributed by atoms with Crippen molar-refractivity contribution in [2.75, 3.05) is 19.5 Å². The average molecular weight is 502 g/mol. The van der Waals surface area contributed by atoms with E-state index in [4.69, 9.17) is 26.2 Å². The lowest BCUT2D eigenvalue weighted by Crippen LogP contribution is -2.34. The number of anilines is 1. The van der Waals surface area contributed by atoms with Crippen molar-refractivity contribution in [2.24, 2.45) is 11.0 Å². The van der Waals surface area contributed by atoms with Crippen LogP contribution in [0.25, 0.3) is 6.08 Å². The Balaban J connectivity index is 1.51. The number of benzene rings is 3. The SMILES string of the molecule is COc1ccc(C=C2CCCC3C2=NN(C(=O)Nc2cccc(Cl)c2)C3c2ccc(OC)cc2)cc1. The van der Waals surface area contributed by atoms with Gasteiger partial charge in [0.25, 0.3) is 0 Å². The van der Waals surface area contributed by atoms with E-state index in [9.17, 15) is 4.79 Å². The van der Waals surface area contributed by atoms with Crippen molar-refractivity contribution in [1.82, 2.24) is 5.01 Å². The maximum atomic E-state index is 13.5. The van der Waals surface area contributed by atoms with Gasteiger partial charge in [-0.3, -0.25) is 0 Å². The number of halogens is 1. The van der Waals surface area contributed by atoms with Gasteiger partial charge in [0.05, 0.1) is 26.0 Å². The van der Waals surface area contributed by atoms with E-state index in [0.29, 0.717) is 10.7 Å². The summed E-state index contributed by atoms with van der Waals surface area (Å²) in [4.78, 5) is 13.5. The molecule has 2 unspecified atom stereocenters. The molecule has 0 bridgehead atoms. The Morgan fingerprint density at radius 2 is 1.72 bits per heavy atom. The molecule has 1 saturated carbocycles. The summed E-state index contributed by atoms with van der Waals surface area (Å²) in [6, 6.07) is 22.5. The number of nitrogens with one attached hydrogen (secondary N) is 1. The highest BCUT2D eigenvalue weighted by Gasteiger charge is 2.43. The van der Waals surface area contributed by atoms with Crippen molar-refractivity contribution in [3.63, 3.8) is 0 Å². The first-order chi connectivity index (χ1) is 17.6. The Morgan fingerprint density at radius 1 is 1.03 bits per heavy atom. The number of ether oxygens (including phenoxy) is 2. The van der Waals surface area contributed by atoms with Gasteiger partial charge in [-0.05, 0) is 84.5 Å². The minimum Gasteiger partial charge on any atom is -0.497 e. The predicted octanol–water partition coefficient (Wildman–Crippen LogP) is 7.19. The molecule has 2 aliphatic rings. The van der Waals surface area contributed by atoms with Gasteiger partial charge in [-0.1, -0.05) is 41.9 Å². The first-order valence-electron chi connectivity index (χ1n) is 12.0. The molecule has 2 atom stereocenters. The van der Waals surface area contributed by atoms with Crippen molar-refractivity contribution in [3.8, 4) is 11.5 Å². The topological polar surface area (TPSA) is 63.2 Å². The molecular formula is C29H28ClN3O3. The number of rotatable bonds is 5. The highest BCUT2D eigenvalue weighted by Crippen LogP contribution is 2.45. The van der Waals surface area contributed by atoms with Gasteiger partial charge in [0.15, 0.2) is 0 Å². The summed E-state index contributed by atoms with van der Waals surface area (Å²) in [7, 11) is 3.31. The van der Waals surface area contributed by atoms with Crippen LogP contribution < -0.4 is 14.8 Å². The quantitative estimate of drug-likeness (QED) is 0.402. The van der Waals surface area contributed by atoms with Crippen LogP contribution in [0.2, 0.25) is 5.02 Å². The second-order valence-corrected chi connectivity index (χ2v) is 9.37. The Morgan fingerprint density at radius 3 is 2.39 bits per heavy atom. The number of carbonyl (C=O) groups is 1. The molecular weight excluding hydrogens is 474 g/mol. The zero-order valence-corrected chi connectivity index (χ0v) is 21.0. The molecule has 5 rings (SSSR count). The number of allylic oxidation sites excluding steroid dienone is 1. The molecule has 1 aliphatic heterocycles. The maximum absolute atomic E-state index is 13.5. The van der Waals surface area contributed by atoms with Crippen LogP contribution in [-0.2, 0) is 0 Å². The predicted molar refractivity (Wildman–Crippen MR) is 144 cm³/mol. The minimum absolute atomic E-state index is 0.0988. The fourth-order valence-corrected chi connectivity index (χ4v) is 5.14. The third kappa shape index (κ3) is 4.95. The number of carbonyl (C=O) groups excluding carboxylic acids is 1. The van der Waals surface area contributed by atoms with Gasteiger partial charge in [-0.2, -0.15) is 5.10 Å². The summed E-state index contributed by atoms with van der Waals surface area (Å²) >= 11 is 6.14. The number of hydrogen-bond donors (Lipinski definition) is 1. The number of hydrogen-bond acceptors (Lipinski definition) is 4. The van der Waals surface area contributed by atoms with Crippen LogP contribution in [0.4, 0.5) is 10.5 Å². The number of methoxy groups -OCH3 is 2. The molecule has 0 saturated heterocycles. The molecule has 1 heterocycles. The van der Waals surface area contributed by atoms with Crippen molar-refractivity contribution in [2.45, 2.75) is 25.3 Å². The lowest BCUT2D eigenvalue weighted by molar-refractivity contribution is 0.188. The fraction of sp³-hybridized carbons (Fsp3) is 0.241. The van der Waals surface area contributed by atoms with Crippen LogP contribution >= 0.6 is 11.6 Å². The van der Waals surface area contributed by atoms with Gasteiger partial charge in [0, 0.05) is 16.6 Å². The first kappa shape index (κ1) is 23.9. The van der Waals surface area contributed by atoms with E-state index in [1.807, 2.05) is 60.7 Å². The molecule has 0 spiro atoms. The number of hydrazone groups is 1. The first-order valence-corrected chi connectivity index (χ1v) is 12.4. The molecule has 2 amide bonds. The molecule has 184 valence electrons. The van der Waals surface area contributed by atoms with Gasteiger partial charge < -0.3 is 14.8 Å². The zero-order valence-electron chi connectivity index (χ0n) is 20.3. The third-order valence-electron chi connectivity index (χ3n) is 6.70. The van der Waals surface area contributed by atoms with Crippen molar-refractivity contribution < 1.29 is 14.3 Å². The molecule has 0 aromatic heterocycles. The Hall–Kier alpha value is -3.77. The summed E-state index contributed by atoms with van der Waals surface area (Å²) < 4.78 is 10.6. The van der Waals surface area contributed by atoms with Gasteiger partial charge in [-0.25, -0.2) is 9.80 Å². The number of urea groups is 1. The molecule has 1 aliphatic carbocycles. The van der Waals surface area contributed by atoms with E-state index in [-0.39, 0.29) is 18.0 Å². The Kier molecular flexibility index (Phi) is 6.96. The fourth-order valence-electron chi connectivity index (χ4n) is 4.95. The normalized spacial score (nSPS) is 20.0. The van der Waals surface area contributed by atoms with Crippen molar-refractivity contribution >= 4 is 35.1 Å². The standard InChI is InChI=1S/C29H28ClN3O3/c1-35-24-13-9-19(10-14-24)17-21-5-3-8-26-27(21)32-33(28(26)20-11-15-25(36-2)16-12-20)29(34)31-23-7-4-6-22(30)18-23/h4,6-7,9-18,26,28H,3,5,8H2,1-2H3,(H,31,34). The molecule has 1 N–H and O–H groups in total. The van der Waals surface area contributed by atoms with E-state index < -0.39 is 0 Å². The Bertz CT molecular complexity index is 1300. The number of fused-ring (bicyclic) bond motifs is 1. The molecule has 6 nitrogen and oxygen atoms in total. The zero-order chi connectivity index (χ0) is 25.1. The van der Waals surface area contributed by atoms with Crippen LogP contribution in [0.1, 0.15) is 36.4 Å². The Labute approximate surface area is 216 Å². The smallest absolute Gasteiger partial charge is 0.342 e. The van der Waals surface area contributed by atoms with Gasteiger partial charge in [-0.15, -0.1) is 0 Å². The van der Waals surface area contributed by atoms with Crippen molar-refractivity contribution in [1.29, 1.82) is 0 Å². The van der Waals surface area contributed by atoms with Crippen LogP contribution in [0.3, 0.4) is 0 Å². The van der Waals surface area contributed by atoms with E-state index >= 15 is 0 Å². The summed E-state index contributed by atoms with van der Waals surface area (Å²) in [6.07, 6.45) is 5.08. The van der Waals surface area contributed by atoms with E-state index in [1.54, 1.807) is 31.4 Å². The lowest BCUT2D eigenvalue weighted by atomic mass is 9.77. The van der Waals surface area contributed by atoms with E-state index in [1.165, 1.54) is 0 Å². The molecule has 3 aromatic rings. The molecule has 7 heteroatoms. The number of nitrogens with zero attached hydrogens (tertiary/aromatic N) is 2. The van der Waals surface area contributed by atoms with Crippen LogP contribution in [0.15, 0.2) is 83.5 Å². The largest absolute Gasteiger partial charge is 0.497 e. The number of amides is 2. The van der Waals surface area contributed by atoms with E-state index in [0.717, 1.165) is 53.2 Å². The molecule has 1 fully saturated rings. The van der Waals surface area contributed by atoms with Crippen LogP contribution in [-0.4, -0.2) is 31.0 Å². The molecule has 36 heavy (non-hydrogen) atoms. The van der Waals surface area contributed by atoms with Gasteiger partial charge in [0.1, 0.15) is 11.5 Å². The lowest BCUT2D eigenvalue weighted by Gasteiger charge is -2.29. The van der Waals surface area contributed by atoms with E-state index in [2.05, 4.69) is 11.4 Å². The summed E-state index contributed by atoms with van der Waals surface area (Å²) in [5.74, 6) is 1.69. The third-order valence-corrected chi connectivity index (χ3v) is 6.93.